The summed E-state index contributed by atoms with van der Waals surface area (Å²) in [5.41, 5.74) is 0. The van der Waals surface area contributed by atoms with Gasteiger partial charge < -0.3 is 5.11 Å². The summed E-state index contributed by atoms with van der Waals surface area (Å²) in [6.45, 7) is 0. The van der Waals surface area contributed by atoms with E-state index in [2.05, 4.69) is 4.94 Å². The van der Waals surface area contributed by atoms with E-state index in [9.17, 15) is 14.1 Å². The molecule has 0 unspecified atom stereocenters. The van der Waals surface area contributed by atoms with Crippen LogP contribution in [0.1, 0.15) is 6.42 Å². The Balaban J connectivity index is -0.000000245. The maximum atomic E-state index is 10.6. The molecular formula is C3H5FLi2O4. The molecule has 0 aromatic carbocycles. The molecule has 50 valence electrons. The Morgan fingerprint density at radius 1 is 1.40 bits per heavy atom. The summed E-state index contributed by atoms with van der Waals surface area (Å²) in [4.78, 5) is 21.7. The Labute approximate surface area is 80.4 Å². The molecule has 10 heavy (non-hydrogen) atoms. The average Bonchev–Trinajstić information content (AvgIpc) is 1.65. The van der Waals surface area contributed by atoms with Crippen LogP contribution in [0.5, 0.6) is 0 Å². The summed E-state index contributed by atoms with van der Waals surface area (Å²) in [6, 6.07) is 0. The predicted molar refractivity (Wildman–Crippen MR) is 33.8 cm³/mol. The van der Waals surface area contributed by atoms with Crippen molar-refractivity contribution in [3.63, 3.8) is 0 Å². The molecule has 0 aliphatic rings. The van der Waals surface area contributed by atoms with E-state index < -0.39 is 18.4 Å². The first-order valence-corrected chi connectivity index (χ1v) is 1.70. The SMILES string of the molecule is O=C(O)CC(=O)OF.[LiH].[LiH]. The molecule has 0 saturated carbocycles. The third kappa shape index (κ3) is 10.9. The van der Waals surface area contributed by atoms with Crippen molar-refractivity contribution >= 4 is 49.7 Å². The minimum absolute atomic E-state index is 0. The van der Waals surface area contributed by atoms with E-state index in [1.165, 1.54) is 0 Å². The summed E-state index contributed by atoms with van der Waals surface area (Å²) in [6.07, 6.45) is -0.934. The number of hydrogen-bond acceptors (Lipinski definition) is 3. The molecule has 0 aliphatic carbocycles. The van der Waals surface area contributed by atoms with Gasteiger partial charge in [0.15, 0.2) is 0 Å². The third-order valence-corrected chi connectivity index (χ3v) is 0.382. The van der Waals surface area contributed by atoms with Gasteiger partial charge in [0.1, 0.15) is 6.42 Å². The van der Waals surface area contributed by atoms with Crippen LogP contribution in [0, 0.1) is 0 Å². The number of carbonyl (C=O) groups excluding carboxylic acids is 1. The van der Waals surface area contributed by atoms with Crippen LogP contribution < -0.4 is 0 Å². The van der Waals surface area contributed by atoms with E-state index in [1.54, 1.807) is 0 Å². The van der Waals surface area contributed by atoms with Crippen LogP contribution in [0.15, 0.2) is 0 Å². The van der Waals surface area contributed by atoms with Crippen LogP contribution in [-0.2, 0) is 14.5 Å². The van der Waals surface area contributed by atoms with Crippen molar-refractivity contribution in [2.45, 2.75) is 6.42 Å². The van der Waals surface area contributed by atoms with Crippen LogP contribution >= 0.6 is 0 Å². The van der Waals surface area contributed by atoms with Crippen molar-refractivity contribution in [1.29, 1.82) is 0 Å². The van der Waals surface area contributed by atoms with Crippen molar-refractivity contribution < 1.29 is 24.2 Å². The zero-order valence-electron chi connectivity index (χ0n) is 3.76. The predicted octanol–water partition coefficient (Wildman–Crippen LogP) is -1.41. The van der Waals surface area contributed by atoms with Crippen molar-refractivity contribution in [2.24, 2.45) is 0 Å². The van der Waals surface area contributed by atoms with Crippen LogP contribution in [0.25, 0.3) is 0 Å². The minimum atomic E-state index is -1.41. The fraction of sp³-hybridized carbons (Fsp3) is 0.333. The molecular weight excluding hydrogens is 133 g/mol. The van der Waals surface area contributed by atoms with E-state index in [1.807, 2.05) is 0 Å². The first-order chi connectivity index (χ1) is 3.66. The van der Waals surface area contributed by atoms with Crippen molar-refractivity contribution in [3.05, 3.63) is 0 Å². The second-order valence-electron chi connectivity index (χ2n) is 1.02. The number of carbonyl (C=O) groups is 2. The summed E-state index contributed by atoms with van der Waals surface area (Å²) in [5, 5.41) is 7.75. The quantitative estimate of drug-likeness (QED) is 0.376. The molecule has 4 nitrogen and oxygen atoms in total. The number of carboxylic acid groups (broad SMARTS) is 1. The molecule has 0 rings (SSSR count). The molecule has 0 radical (unpaired) electrons. The van der Waals surface area contributed by atoms with Gasteiger partial charge >= 0.3 is 49.7 Å². The van der Waals surface area contributed by atoms with Crippen molar-refractivity contribution in [2.75, 3.05) is 0 Å². The molecule has 0 saturated heterocycles. The van der Waals surface area contributed by atoms with E-state index >= 15 is 0 Å². The fourth-order valence-electron chi connectivity index (χ4n) is 0.151. The summed E-state index contributed by atoms with van der Waals surface area (Å²) < 4.78 is 10.6. The van der Waals surface area contributed by atoms with Gasteiger partial charge in [0.05, 0.1) is 0 Å². The summed E-state index contributed by atoms with van der Waals surface area (Å²) in [7, 11) is 0. The Morgan fingerprint density at radius 3 is 1.90 bits per heavy atom. The molecule has 0 aromatic heterocycles. The van der Waals surface area contributed by atoms with Gasteiger partial charge in [-0.15, -0.1) is 0 Å². The Hall–Kier alpha value is 0.0648. The Bertz CT molecular complexity index is 117. The maximum absolute atomic E-state index is 10.6. The van der Waals surface area contributed by atoms with Gasteiger partial charge in [-0.2, -0.15) is 0 Å². The van der Waals surface area contributed by atoms with Gasteiger partial charge in [0.25, 0.3) is 0 Å². The topological polar surface area (TPSA) is 63.6 Å². The zero-order chi connectivity index (χ0) is 6.57. The van der Waals surface area contributed by atoms with Crippen LogP contribution in [0.4, 0.5) is 4.53 Å². The zero-order valence-corrected chi connectivity index (χ0v) is 3.76. The third-order valence-electron chi connectivity index (χ3n) is 0.382. The van der Waals surface area contributed by atoms with Gasteiger partial charge in [-0.05, 0) is 0 Å². The monoisotopic (exact) mass is 138 g/mol. The van der Waals surface area contributed by atoms with Gasteiger partial charge in [-0.3, -0.25) is 9.74 Å². The normalized spacial score (nSPS) is 6.50. The van der Waals surface area contributed by atoms with E-state index in [0.29, 0.717) is 0 Å². The fourth-order valence-corrected chi connectivity index (χ4v) is 0.151. The average molecular weight is 138 g/mol. The molecule has 0 fully saturated rings. The molecule has 1 N–H and O–H groups in total. The molecule has 0 spiro atoms. The summed E-state index contributed by atoms with van der Waals surface area (Å²) in [5.74, 6) is -2.80. The van der Waals surface area contributed by atoms with Crippen LogP contribution in [-0.4, -0.2) is 54.8 Å². The second kappa shape index (κ2) is 9.06. The number of aliphatic carboxylic acids is 1. The van der Waals surface area contributed by atoms with Crippen LogP contribution in [0.2, 0.25) is 0 Å². The molecule has 0 aliphatic heterocycles. The molecule has 0 heterocycles. The Morgan fingerprint density at radius 2 is 1.80 bits per heavy atom. The van der Waals surface area contributed by atoms with E-state index in [4.69, 9.17) is 5.11 Å². The molecule has 0 bridgehead atoms. The molecule has 0 amide bonds. The van der Waals surface area contributed by atoms with Gasteiger partial charge in [-0.25, -0.2) is 4.79 Å². The standard InChI is InChI=1S/C3H3FO4.2Li.2H/c4-8-3(7)1-2(5)6;;;;/h1H2,(H,5,6);;;;. The van der Waals surface area contributed by atoms with E-state index in [0.717, 1.165) is 0 Å². The molecule has 0 atom stereocenters. The molecule has 0 aromatic rings. The van der Waals surface area contributed by atoms with Gasteiger partial charge in [0, 0.05) is 4.53 Å². The second-order valence-corrected chi connectivity index (χ2v) is 1.02. The van der Waals surface area contributed by atoms with Crippen molar-refractivity contribution in [1.82, 2.24) is 0 Å². The summed E-state index contributed by atoms with van der Waals surface area (Å²) >= 11 is 0. The van der Waals surface area contributed by atoms with Crippen LogP contribution in [0.3, 0.4) is 0 Å². The number of carboxylic acids is 1. The Kier molecular flexibility index (Phi) is 15.0. The number of rotatable bonds is 2. The number of hydrogen-bond donors (Lipinski definition) is 1. The van der Waals surface area contributed by atoms with Crippen molar-refractivity contribution in [3.8, 4) is 0 Å². The van der Waals surface area contributed by atoms with Gasteiger partial charge in [-0.1, -0.05) is 0 Å². The first kappa shape index (κ1) is 16.6. The first-order valence-electron chi connectivity index (χ1n) is 1.70. The van der Waals surface area contributed by atoms with Gasteiger partial charge in [0.2, 0.25) is 0 Å². The van der Waals surface area contributed by atoms with E-state index in [-0.39, 0.29) is 37.7 Å². The number of halogens is 1. The molecule has 7 heteroatoms.